The Morgan fingerprint density at radius 3 is 2.67 bits per heavy atom. The second kappa shape index (κ2) is 9.04. The van der Waals surface area contributed by atoms with Gasteiger partial charge >= 0.3 is 12.1 Å². The van der Waals surface area contributed by atoms with Crippen molar-refractivity contribution in [2.24, 2.45) is 0 Å². The Hall–Kier alpha value is -2.34. The molecule has 1 heterocycles. The van der Waals surface area contributed by atoms with Crippen LogP contribution >= 0.6 is 23.1 Å². The summed E-state index contributed by atoms with van der Waals surface area (Å²) >= 11 is 1.96. The standard InChI is InChI=1S/C15H15F3N4O3S2/c1-22(10-6-4-3-5-9(10)12(24)25-2)11(23)7-26-14-21-20-13(27-14)19-8-15(16,17)18/h3-6H,7-8H2,1-2H3,(H,19,20). The van der Waals surface area contributed by atoms with E-state index in [1.54, 1.807) is 24.3 Å². The highest BCUT2D eigenvalue weighted by Crippen LogP contribution is 2.28. The minimum atomic E-state index is -4.36. The van der Waals surface area contributed by atoms with Crippen molar-refractivity contribution >= 4 is 45.8 Å². The molecular weight excluding hydrogens is 405 g/mol. The third-order valence-corrected chi connectivity index (χ3v) is 5.21. The first-order valence-corrected chi connectivity index (χ1v) is 9.22. The van der Waals surface area contributed by atoms with Gasteiger partial charge in [-0.1, -0.05) is 35.2 Å². The van der Waals surface area contributed by atoms with Crippen LogP contribution in [0.2, 0.25) is 0 Å². The van der Waals surface area contributed by atoms with Gasteiger partial charge in [0.25, 0.3) is 0 Å². The zero-order chi connectivity index (χ0) is 20.0. The third kappa shape index (κ3) is 6.10. The van der Waals surface area contributed by atoms with Crippen LogP contribution in [0.3, 0.4) is 0 Å². The maximum atomic E-state index is 12.4. The first kappa shape index (κ1) is 21.0. The predicted octanol–water partition coefficient (Wildman–Crippen LogP) is 3.05. The van der Waals surface area contributed by atoms with Crippen LogP contribution in [0.4, 0.5) is 24.0 Å². The van der Waals surface area contributed by atoms with E-state index in [2.05, 4.69) is 15.5 Å². The van der Waals surface area contributed by atoms with Gasteiger partial charge in [-0.15, -0.1) is 10.2 Å². The second-order valence-electron chi connectivity index (χ2n) is 5.09. The van der Waals surface area contributed by atoms with Crippen molar-refractivity contribution in [3.8, 4) is 0 Å². The molecular formula is C15H15F3N4O3S2. The Morgan fingerprint density at radius 1 is 1.30 bits per heavy atom. The molecule has 0 aliphatic carbocycles. The summed E-state index contributed by atoms with van der Waals surface area (Å²) in [5.74, 6) is -0.918. The molecule has 7 nitrogen and oxygen atoms in total. The van der Waals surface area contributed by atoms with Gasteiger partial charge in [0.15, 0.2) is 4.34 Å². The lowest BCUT2D eigenvalue weighted by Gasteiger charge is -2.19. The summed E-state index contributed by atoms with van der Waals surface area (Å²) in [7, 11) is 2.76. The monoisotopic (exact) mass is 420 g/mol. The molecule has 0 fully saturated rings. The number of nitrogens with zero attached hydrogens (tertiary/aromatic N) is 3. The van der Waals surface area contributed by atoms with E-state index in [1.807, 2.05) is 0 Å². The number of nitrogens with one attached hydrogen (secondary N) is 1. The number of alkyl halides is 3. The Kier molecular flexibility index (Phi) is 7.02. The van der Waals surface area contributed by atoms with Crippen molar-refractivity contribution in [2.45, 2.75) is 10.5 Å². The molecule has 1 amide bonds. The molecule has 146 valence electrons. The molecule has 1 aromatic heterocycles. The summed E-state index contributed by atoms with van der Waals surface area (Å²) < 4.78 is 41.6. The number of ether oxygens (including phenoxy) is 1. The maximum Gasteiger partial charge on any atom is 0.405 e. The van der Waals surface area contributed by atoms with Crippen LogP contribution in [0.25, 0.3) is 0 Å². The van der Waals surface area contributed by atoms with Crippen LogP contribution in [0.15, 0.2) is 28.6 Å². The minimum Gasteiger partial charge on any atom is -0.465 e. The van der Waals surface area contributed by atoms with Crippen LogP contribution < -0.4 is 10.2 Å². The SMILES string of the molecule is COC(=O)c1ccccc1N(C)C(=O)CSc1nnc(NCC(F)(F)F)s1. The van der Waals surface area contributed by atoms with Crippen LogP contribution in [0.1, 0.15) is 10.4 Å². The van der Waals surface area contributed by atoms with Crippen LogP contribution in [-0.2, 0) is 9.53 Å². The van der Waals surface area contributed by atoms with Crippen molar-refractivity contribution in [3.05, 3.63) is 29.8 Å². The van der Waals surface area contributed by atoms with Gasteiger partial charge in [0.05, 0.1) is 24.1 Å². The van der Waals surface area contributed by atoms with Gasteiger partial charge in [-0.05, 0) is 12.1 Å². The fourth-order valence-corrected chi connectivity index (χ4v) is 3.58. The topological polar surface area (TPSA) is 84.4 Å². The number of benzene rings is 1. The number of thioether (sulfide) groups is 1. The number of hydrogen-bond donors (Lipinski definition) is 1. The second-order valence-corrected chi connectivity index (χ2v) is 7.29. The quantitative estimate of drug-likeness (QED) is 0.544. The number of rotatable bonds is 7. The average molecular weight is 420 g/mol. The van der Waals surface area contributed by atoms with Gasteiger partial charge in [0.2, 0.25) is 11.0 Å². The molecule has 1 N–H and O–H groups in total. The molecule has 2 rings (SSSR count). The van der Waals surface area contributed by atoms with E-state index in [4.69, 9.17) is 4.74 Å². The number of anilines is 2. The minimum absolute atomic E-state index is 0.0201. The molecule has 0 atom stereocenters. The largest absolute Gasteiger partial charge is 0.465 e. The number of esters is 1. The Labute approximate surface area is 160 Å². The van der Waals surface area contributed by atoms with Crippen molar-refractivity contribution < 1.29 is 27.5 Å². The number of hydrogen-bond acceptors (Lipinski definition) is 8. The van der Waals surface area contributed by atoms with E-state index in [0.29, 0.717) is 10.0 Å². The normalized spacial score (nSPS) is 11.1. The number of halogens is 3. The summed E-state index contributed by atoms with van der Waals surface area (Å²) in [5, 5.41) is 9.48. The Balaban J connectivity index is 1.96. The van der Waals surface area contributed by atoms with Crippen molar-refractivity contribution in [1.82, 2.24) is 10.2 Å². The predicted molar refractivity (Wildman–Crippen MR) is 96.4 cm³/mol. The van der Waals surface area contributed by atoms with Crippen LogP contribution in [0.5, 0.6) is 0 Å². The fraction of sp³-hybridized carbons (Fsp3) is 0.333. The molecule has 0 spiro atoms. The average Bonchev–Trinajstić information content (AvgIpc) is 3.10. The highest BCUT2D eigenvalue weighted by molar-refractivity contribution is 8.01. The summed E-state index contributed by atoms with van der Waals surface area (Å²) in [5.41, 5.74) is 0.634. The molecule has 0 unspecified atom stereocenters. The molecule has 0 aliphatic heterocycles. The van der Waals surface area contributed by atoms with Crippen molar-refractivity contribution in [3.63, 3.8) is 0 Å². The van der Waals surface area contributed by atoms with E-state index in [-0.39, 0.29) is 22.4 Å². The smallest absolute Gasteiger partial charge is 0.405 e. The van der Waals surface area contributed by atoms with E-state index >= 15 is 0 Å². The van der Waals surface area contributed by atoms with Crippen LogP contribution in [-0.4, -0.2) is 54.7 Å². The van der Waals surface area contributed by atoms with Gasteiger partial charge in [0.1, 0.15) is 6.54 Å². The lowest BCUT2D eigenvalue weighted by atomic mass is 10.1. The number of amides is 1. The lowest BCUT2D eigenvalue weighted by molar-refractivity contribution is -0.116. The summed E-state index contributed by atoms with van der Waals surface area (Å²) in [6, 6.07) is 6.49. The summed E-state index contributed by atoms with van der Waals surface area (Å²) in [6.45, 7) is -1.21. The molecule has 27 heavy (non-hydrogen) atoms. The molecule has 0 aliphatic rings. The van der Waals surface area contributed by atoms with Gasteiger partial charge < -0.3 is 15.0 Å². The van der Waals surface area contributed by atoms with Crippen LogP contribution in [0, 0.1) is 0 Å². The van der Waals surface area contributed by atoms with Gasteiger partial charge in [0, 0.05) is 7.05 Å². The highest BCUT2D eigenvalue weighted by Gasteiger charge is 2.27. The molecule has 0 radical (unpaired) electrons. The van der Waals surface area contributed by atoms with E-state index in [9.17, 15) is 22.8 Å². The number of carbonyl (C=O) groups excluding carboxylic acids is 2. The number of methoxy groups -OCH3 is 1. The van der Waals surface area contributed by atoms with E-state index in [1.165, 1.54) is 19.1 Å². The molecule has 0 saturated carbocycles. The fourth-order valence-electron chi connectivity index (χ4n) is 1.92. The molecule has 12 heteroatoms. The molecule has 1 aromatic carbocycles. The Bertz CT molecular complexity index is 814. The number of para-hydroxylation sites is 1. The van der Waals surface area contributed by atoms with Crippen molar-refractivity contribution in [1.29, 1.82) is 0 Å². The van der Waals surface area contributed by atoms with Crippen molar-refractivity contribution in [2.75, 3.05) is 36.7 Å². The molecule has 2 aromatic rings. The van der Waals surface area contributed by atoms with Gasteiger partial charge in [-0.3, -0.25) is 4.79 Å². The zero-order valence-electron chi connectivity index (χ0n) is 14.2. The van der Waals surface area contributed by atoms with Gasteiger partial charge in [-0.25, -0.2) is 4.79 Å². The van der Waals surface area contributed by atoms with Gasteiger partial charge in [-0.2, -0.15) is 13.2 Å². The lowest BCUT2D eigenvalue weighted by Crippen LogP contribution is -2.29. The van der Waals surface area contributed by atoms with E-state index in [0.717, 1.165) is 23.1 Å². The third-order valence-electron chi connectivity index (χ3n) is 3.21. The van der Waals surface area contributed by atoms with E-state index < -0.39 is 18.7 Å². The Morgan fingerprint density at radius 2 is 2.00 bits per heavy atom. The first-order valence-electron chi connectivity index (χ1n) is 7.42. The highest BCUT2D eigenvalue weighted by atomic mass is 32.2. The first-order chi connectivity index (χ1) is 12.7. The molecule has 0 saturated heterocycles. The number of aromatic nitrogens is 2. The number of carbonyl (C=O) groups is 2. The summed E-state index contributed by atoms with van der Waals surface area (Å²) in [4.78, 5) is 25.5. The zero-order valence-corrected chi connectivity index (χ0v) is 15.9. The molecule has 0 bridgehead atoms. The maximum absolute atomic E-state index is 12.4. The summed E-state index contributed by atoms with van der Waals surface area (Å²) in [6.07, 6.45) is -4.36.